The largest absolute Gasteiger partial charge is 0.497 e. The Kier molecular flexibility index (Phi) is 8.04. The highest BCUT2D eigenvalue weighted by atomic mass is 32.1. The summed E-state index contributed by atoms with van der Waals surface area (Å²) in [6, 6.07) is 20.6. The Balaban J connectivity index is 1.35. The number of nitrogens with one attached hydrogen (secondary N) is 1. The maximum Gasteiger partial charge on any atom is 0.271 e. The summed E-state index contributed by atoms with van der Waals surface area (Å²) in [5.74, 6) is 0.363. The lowest BCUT2D eigenvalue weighted by atomic mass is 9.95. The second-order valence-corrected chi connectivity index (χ2v) is 13.9. The molecule has 2 aromatic carbocycles. The van der Waals surface area contributed by atoms with Crippen LogP contribution in [0.4, 0.5) is 5.69 Å². The highest BCUT2D eigenvalue weighted by Gasteiger charge is 2.33. The molecule has 0 unspecified atom stereocenters. The minimum Gasteiger partial charge on any atom is -0.497 e. The highest BCUT2D eigenvalue weighted by molar-refractivity contribution is 7.15. The van der Waals surface area contributed by atoms with E-state index in [1.807, 2.05) is 81.4 Å². The third-order valence-corrected chi connectivity index (χ3v) is 11.2. The summed E-state index contributed by atoms with van der Waals surface area (Å²) < 4.78 is 9.69. The lowest BCUT2D eigenvalue weighted by Crippen LogP contribution is -2.40. The number of hydrogen-bond acceptors (Lipinski definition) is 7. The minimum absolute atomic E-state index is 0.221. The van der Waals surface area contributed by atoms with Gasteiger partial charge in [-0.25, -0.2) is 4.99 Å². The molecule has 0 radical (unpaired) electrons. The van der Waals surface area contributed by atoms with Crippen molar-refractivity contribution < 1.29 is 9.53 Å². The van der Waals surface area contributed by atoms with E-state index in [1.54, 1.807) is 23.0 Å². The van der Waals surface area contributed by atoms with Crippen molar-refractivity contribution in [1.82, 2.24) is 9.13 Å². The van der Waals surface area contributed by atoms with Gasteiger partial charge in [0.15, 0.2) is 4.80 Å². The number of thiazole rings is 1. The van der Waals surface area contributed by atoms with Gasteiger partial charge in [-0.2, -0.15) is 5.26 Å². The van der Waals surface area contributed by atoms with E-state index in [4.69, 9.17) is 9.73 Å². The van der Waals surface area contributed by atoms with E-state index in [9.17, 15) is 14.9 Å². The first-order valence-electron chi connectivity index (χ1n) is 15.6. The number of benzene rings is 2. The number of aromatic nitrogens is 2. The van der Waals surface area contributed by atoms with Gasteiger partial charge >= 0.3 is 0 Å². The summed E-state index contributed by atoms with van der Waals surface area (Å²) in [6.07, 6.45) is 6.14. The predicted octanol–water partition coefficient (Wildman–Crippen LogP) is 6.10. The molecular weight excluding hydrogens is 627 g/mol. The molecular formula is C37H33N5O3S2. The molecule has 0 saturated carbocycles. The first-order valence-corrected chi connectivity index (χ1v) is 17.2. The summed E-state index contributed by atoms with van der Waals surface area (Å²) >= 11 is 3.03. The molecule has 1 aliphatic heterocycles. The summed E-state index contributed by atoms with van der Waals surface area (Å²) in [4.78, 5) is 34.8. The normalized spacial score (nSPS) is 15.9. The van der Waals surface area contributed by atoms with E-state index >= 15 is 0 Å². The van der Waals surface area contributed by atoms with Crippen LogP contribution in [0.25, 0.3) is 11.1 Å². The fourth-order valence-corrected chi connectivity index (χ4v) is 9.13. The fourth-order valence-electron chi connectivity index (χ4n) is 6.65. The maximum atomic E-state index is 14.3. The van der Waals surface area contributed by atoms with Crippen LogP contribution >= 0.6 is 22.7 Å². The van der Waals surface area contributed by atoms with E-state index in [0.717, 1.165) is 58.8 Å². The first-order chi connectivity index (χ1) is 22.8. The van der Waals surface area contributed by atoms with Crippen LogP contribution in [0.15, 0.2) is 81.7 Å². The quantitative estimate of drug-likeness (QED) is 0.238. The number of methoxy groups -OCH3 is 1. The molecule has 0 fully saturated rings. The molecule has 0 bridgehead atoms. The Morgan fingerprint density at radius 3 is 2.53 bits per heavy atom. The second-order valence-electron chi connectivity index (χ2n) is 11.8. The average molecular weight is 660 g/mol. The number of nitriles is 1. The third kappa shape index (κ3) is 5.35. The van der Waals surface area contributed by atoms with Gasteiger partial charge in [0.2, 0.25) is 0 Å². The van der Waals surface area contributed by atoms with Crippen LogP contribution in [-0.2, 0) is 17.6 Å². The second kappa shape index (κ2) is 12.3. The number of anilines is 1. The topological polar surface area (TPSA) is 101 Å². The van der Waals surface area contributed by atoms with E-state index in [-0.39, 0.29) is 11.5 Å². The van der Waals surface area contributed by atoms with E-state index in [2.05, 4.69) is 22.0 Å². The van der Waals surface area contributed by atoms with Gasteiger partial charge in [-0.05, 0) is 99.6 Å². The van der Waals surface area contributed by atoms with Crippen molar-refractivity contribution in [3.8, 4) is 16.8 Å². The molecule has 1 N–H and O–H groups in total. The number of aryl methyl sites for hydroxylation is 2. The van der Waals surface area contributed by atoms with Gasteiger partial charge in [0, 0.05) is 22.0 Å². The molecule has 47 heavy (non-hydrogen) atoms. The van der Waals surface area contributed by atoms with Crippen molar-refractivity contribution in [2.75, 3.05) is 12.4 Å². The van der Waals surface area contributed by atoms with E-state index < -0.39 is 6.04 Å². The van der Waals surface area contributed by atoms with Crippen molar-refractivity contribution in [2.24, 2.45) is 4.99 Å². The molecule has 5 aromatic rings. The summed E-state index contributed by atoms with van der Waals surface area (Å²) in [7, 11) is 1.60. The van der Waals surface area contributed by atoms with Crippen LogP contribution in [0.1, 0.15) is 64.3 Å². The van der Waals surface area contributed by atoms with Crippen LogP contribution in [0.5, 0.6) is 5.75 Å². The average Bonchev–Trinajstić information content (AvgIpc) is 3.69. The molecule has 0 spiro atoms. The zero-order valence-corrected chi connectivity index (χ0v) is 28.2. The molecule has 1 aliphatic carbocycles. The van der Waals surface area contributed by atoms with Gasteiger partial charge in [-0.15, -0.1) is 11.3 Å². The summed E-state index contributed by atoms with van der Waals surface area (Å²) in [5, 5.41) is 14.1. The first kappa shape index (κ1) is 30.7. The van der Waals surface area contributed by atoms with Crippen molar-refractivity contribution in [2.45, 2.75) is 52.5 Å². The summed E-state index contributed by atoms with van der Waals surface area (Å²) in [6.45, 7) is 5.89. The lowest BCUT2D eigenvalue weighted by molar-refractivity contribution is -0.113. The molecule has 7 rings (SSSR count). The fraction of sp³-hybridized carbons (Fsp3) is 0.243. The Morgan fingerprint density at radius 2 is 1.81 bits per heavy atom. The molecule has 8 nitrogen and oxygen atoms in total. The molecule has 1 atom stereocenters. The van der Waals surface area contributed by atoms with Gasteiger partial charge in [-0.1, -0.05) is 41.7 Å². The van der Waals surface area contributed by atoms with E-state index in [0.29, 0.717) is 32.0 Å². The van der Waals surface area contributed by atoms with Gasteiger partial charge in [0.05, 0.1) is 34.5 Å². The van der Waals surface area contributed by atoms with Crippen molar-refractivity contribution >= 4 is 40.3 Å². The van der Waals surface area contributed by atoms with Gasteiger partial charge in [-0.3, -0.25) is 14.2 Å². The van der Waals surface area contributed by atoms with Crippen molar-refractivity contribution in [1.29, 1.82) is 5.26 Å². The highest BCUT2D eigenvalue weighted by Crippen LogP contribution is 2.38. The van der Waals surface area contributed by atoms with Crippen LogP contribution in [0, 0.1) is 25.2 Å². The van der Waals surface area contributed by atoms with Crippen molar-refractivity contribution in [3.05, 3.63) is 130 Å². The molecule has 1 amide bonds. The smallest absolute Gasteiger partial charge is 0.271 e. The molecule has 236 valence electrons. The Labute approximate surface area is 280 Å². The molecule has 10 heteroatoms. The standard InChI is InChI=1S/C37H33N5O3S2/c1-21-18-25(23(3)41(21)36-29(20-38)28-12-8-9-13-30(28)46-36)19-31-35(44)42-33(24-14-16-27(45-4)17-15-24)32(22(2)39-37(42)47-31)34(43)40-26-10-6-5-7-11-26/h5-7,10-11,14-19,33H,8-9,12-13H2,1-4H3,(H,40,43)/b31-19+/t33-/m1/s1. The molecule has 0 saturated heterocycles. The number of amides is 1. The van der Waals surface area contributed by atoms with E-state index in [1.165, 1.54) is 21.8 Å². The Bertz CT molecular complexity index is 2300. The van der Waals surface area contributed by atoms with Crippen molar-refractivity contribution in [3.63, 3.8) is 0 Å². The molecule has 3 aromatic heterocycles. The summed E-state index contributed by atoms with van der Waals surface area (Å²) in [5.41, 5.74) is 7.01. The van der Waals surface area contributed by atoms with Gasteiger partial charge < -0.3 is 14.6 Å². The maximum absolute atomic E-state index is 14.3. The number of para-hydroxylation sites is 1. The van der Waals surface area contributed by atoms with Gasteiger partial charge in [0.25, 0.3) is 11.5 Å². The molecule has 4 heterocycles. The monoisotopic (exact) mass is 659 g/mol. The Hall–Kier alpha value is -4.98. The zero-order chi connectivity index (χ0) is 32.8. The van der Waals surface area contributed by atoms with Crippen LogP contribution < -0.4 is 24.9 Å². The number of nitrogens with zero attached hydrogens (tertiary/aromatic N) is 4. The van der Waals surface area contributed by atoms with Crippen LogP contribution in [-0.4, -0.2) is 22.2 Å². The number of rotatable bonds is 6. The van der Waals surface area contributed by atoms with Crippen LogP contribution in [0.2, 0.25) is 0 Å². The number of carbonyl (C=O) groups is 1. The molecule has 2 aliphatic rings. The SMILES string of the molecule is COc1ccc([C@@H]2C(C(=O)Nc3ccccc3)=C(C)N=c3s/c(=C/c4cc(C)n(-c5sc6c(c5C#N)CCCC6)c4C)c(=O)n32)cc1. The number of allylic oxidation sites excluding steroid dienone is 1. The number of fused-ring (bicyclic) bond motifs is 2. The Morgan fingerprint density at radius 1 is 1.06 bits per heavy atom. The van der Waals surface area contributed by atoms with Gasteiger partial charge in [0.1, 0.15) is 16.8 Å². The van der Waals surface area contributed by atoms with Crippen LogP contribution in [0.3, 0.4) is 0 Å². The predicted molar refractivity (Wildman–Crippen MR) is 186 cm³/mol. The number of ether oxygens (including phenoxy) is 1. The number of hydrogen-bond donors (Lipinski definition) is 1. The third-order valence-electron chi connectivity index (χ3n) is 8.95. The zero-order valence-electron chi connectivity index (χ0n) is 26.6. The number of thiophene rings is 1. The number of carbonyl (C=O) groups excluding carboxylic acids is 1. The minimum atomic E-state index is -0.689. The lowest BCUT2D eigenvalue weighted by Gasteiger charge is -2.25.